The molecular formula is C13H19ClFN3O. The lowest BCUT2D eigenvalue weighted by Crippen LogP contribution is -2.33. The van der Waals surface area contributed by atoms with Gasteiger partial charge in [-0.05, 0) is 32.0 Å². The zero-order chi connectivity index (χ0) is 13.8. The van der Waals surface area contributed by atoms with E-state index in [-0.39, 0.29) is 22.1 Å². The van der Waals surface area contributed by atoms with Crippen LogP contribution in [0.2, 0.25) is 5.02 Å². The zero-order valence-corrected chi connectivity index (χ0v) is 11.5. The maximum absolute atomic E-state index is 13.9. The Kier molecular flexibility index (Phi) is 4.71. The second-order valence-electron chi connectivity index (χ2n) is 4.76. The van der Waals surface area contributed by atoms with E-state index in [9.17, 15) is 4.39 Å². The van der Waals surface area contributed by atoms with Crippen LogP contribution in [0.4, 0.5) is 15.8 Å². The summed E-state index contributed by atoms with van der Waals surface area (Å²) in [6, 6.07) is 1.42. The fourth-order valence-electron chi connectivity index (χ4n) is 2.26. The fourth-order valence-corrected chi connectivity index (χ4v) is 2.40. The summed E-state index contributed by atoms with van der Waals surface area (Å²) in [5.41, 5.74) is 11.5. The molecule has 0 bridgehead atoms. The van der Waals surface area contributed by atoms with Gasteiger partial charge in [0.1, 0.15) is 11.6 Å². The van der Waals surface area contributed by atoms with Crippen molar-refractivity contribution in [3.8, 4) is 5.75 Å². The predicted molar refractivity (Wildman–Crippen MR) is 76.0 cm³/mol. The minimum absolute atomic E-state index is 0.00351. The molecule has 0 aliphatic carbocycles. The van der Waals surface area contributed by atoms with Crippen LogP contribution in [0, 0.1) is 5.82 Å². The summed E-state index contributed by atoms with van der Waals surface area (Å²) in [4.78, 5) is 2.30. The summed E-state index contributed by atoms with van der Waals surface area (Å²) in [5, 5.41) is -0.137. The number of ether oxygens (including phenoxy) is 1. The first-order valence-electron chi connectivity index (χ1n) is 6.47. The van der Waals surface area contributed by atoms with E-state index in [1.54, 1.807) is 0 Å². The Balaban J connectivity index is 1.94. The molecule has 1 saturated heterocycles. The molecule has 1 fully saturated rings. The van der Waals surface area contributed by atoms with E-state index in [0.29, 0.717) is 6.61 Å². The SMILES string of the molecule is Nc1cc(N)c(OCCN2CCCCC2)c(F)c1Cl. The Morgan fingerprint density at radius 3 is 2.58 bits per heavy atom. The number of rotatable bonds is 4. The van der Waals surface area contributed by atoms with E-state index in [0.717, 1.165) is 19.6 Å². The van der Waals surface area contributed by atoms with Crippen molar-refractivity contribution in [3.63, 3.8) is 0 Å². The summed E-state index contributed by atoms with van der Waals surface area (Å²) in [6.07, 6.45) is 3.71. The first-order chi connectivity index (χ1) is 9.09. The smallest absolute Gasteiger partial charge is 0.187 e. The highest BCUT2D eigenvalue weighted by atomic mass is 35.5. The number of likely N-dealkylation sites (tertiary alicyclic amines) is 1. The Morgan fingerprint density at radius 2 is 1.89 bits per heavy atom. The van der Waals surface area contributed by atoms with Crippen LogP contribution in [0.3, 0.4) is 0 Å². The van der Waals surface area contributed by atoms with E-state index in [4.69, 9.17) is 27.8 Å². The molecule has 0 spiro atoms. The fraction of sp³-hybridized carbons (Fsp3) is 0.538. The van der Waals surface area contributed by atoms with Crippen LogP contribution in [-0.4, -0.2) is 31.1 Å². The van der Waals surface area contributed by atoms with Crippen molar-refractivity contribution < 1.29 is 9.13 Å². The topological polar surface area (TPSA) is 64.5 Å². The molecule has 0 unspecified atom stereocenters. The van der Waals surface area contributed by atoms with Crippen LogP contribution in [0.15, 0.2) is 6.07 Å². The Labute approximate surface area is 117 Å². The third kappa shape index (κ3) is 3.42. The molecular weight excluding hydrogens is 269 g/mol. The van der Waals surface area contributed by atoms with Crippen molar-refractivity contribution in [2.75, 3.05) is 37.7 Å². The van der Waals surface area contributed by atoms with Gasteiger partial charge in [0.2, 0.25) is 0 Å². The molecule has 1 aromatic rings. The number of benzene rings is 1. The van der Waals surface area contributed by atoms with E-state index in [2.05, 4.69) is 4.90 Å². The maximum Gasteiger partial charge on any atom is 0.187 e. The average molecular weight is 288 g/mol. The standard InChI is InChI=1S/C13H19ClFN3O/c14-11-9(16)8-10(17)13(12(11)15)19-7-6-18-4-2-1-3-5-18/h8H,1-7,16-17H2. The third-order valence-electron chi connectivity index (χ3n) is 3.32. The van der Waals surface area contributed by atoms with Gasteiger partial charge in [0.15, 0.2) is 11.6 Å². The number of piperidine rings is 1. The number of halogens is 2. The molecule has 1 aliphatic rings. The van der Waals surface area contributed by atoms with E-state index in [1.165, 1.54) is 25.3 Å². The Morgan fingerprint density at radius 1 is 1.21 bits per heavy atom. The third-order valence-corrected chi connectivity index (χ3v) is 3.71. The van der Waals surface area contributed by atoms with Gasteiger partial charge in [-0.3, -0.25) is 4.90 Å². The molecule has 1 heterocycles. The molecule has 4 N–H and O–H groups in total. The number of hydrogen-bond donors (Lipinski definition) is 2. The number of nitrogen functional groups attached to an aromatic ring is 2. The summed E-state index contributed by atoms with van der Waals surface area (Å²) < 4.78 is 19.3. The van der Waals surface area contributed by atoms with Crippen molar-refractivity contribution >= 4 is 23.0 Å². The minimum atomic E-state index is -0.683. The molecule has 0 aromatic heterocycles. The van der Waals surface area contributed by atoms with Crippen molar-refractivity contribution in [2.24, 2.45) is 0 Å². The number of nitrogens with zero attached hydrogens (tertiary/aromatic N) is 1. The molecule has 0 atom stereocenters. The first kappa shape index (κ1) is 14.2. The van der Waals surface area contributed by atoms with Gasteiger partial charge in [-0.2, -0.15) is 0 Å². The van der Waals surface area contributed by atoms with Crippen LogP contribution >= 0.6 is 11.6 Å². The van der Waals surface area contributed by atoms with Gasteiger partial charge in [-0.25, -0.2) is 4.39 Å². The molecule has 1 aliphatic heterocycles. The molecule has 6 heteroatoms. The molecule has 1 aromatic carbocycles. The highest BCUT2D eigenvalue weighted by molar-refractivity contribution is 6.33. The van der Waals surface area contributed by atoms with Crippen LogP contribution in [0.5, 0.6) is 5.75 Å². The second-order valence-corrected chi connectivity index (χ2v) is 5.14. The quantitative estimate of drug-likeness (QED) is 0.835. The molecule has 0 radical (unpaired) electrons. The van der Waals surface area contributed by atoms with E-state index in [1.807, 2.05) is 0 Å². The van der Waals surface area contributed by atoms with E-state index < -0.39 is 5.82 Å². The molecule has 0 amide bonds. The summed E-state index contributed by atoms with van der Waals surface area (Å²) in [6.45, 7) is 3.30. The van der Waals surface area contributed by atoms with E-state index >= 15 is 0 Å². The van der Waals surface area contributed by atoms with Crippen molar-refractivity contribution in [2.45, 2.75) is 19.3 Å². The van der Waals surface area contributed by atoms with Gasteiger partial charge in [0, 0.05) is 6.54 Å². The normalized spacial score (nSPS) is 16.5. The Hall–Kier alpha value is -1.20. The summed E-state index contributed by atoms with van der Waals surface area (Å²) in [7, 11) is 0. The van der Waals surface area contributed by atoms with Gasteiger partial charge in [-0.15, -0.1) is 0 Å². The molecule has 4 nitrogen and oxygen atoms in total. The van der Waals surface area contributed by atoms with Gasteiger partial charge in [0.05, 0.1) is 11.4 Å². The van der Waals surface area contributed by atoms with Crippen LogP contribution in [0.1, 0.15) is 19.3 Å². The van der Waals surface area contributed by atoms with Crippen molar-refractivity contribution in [1.82, 2.24) is 4.90 Å². The molecule has 19 heavy (non-hydrogen) atoms. The lowest BCUT2D eigenvalue weighted by atomic mass is 10.1. The van der Waals surface area contributed by atoms with Crippen molar-refractivity contribution in [3.05, 3.63) is 16.9 Å². The zero-order valence-electron chi connectivity index (χ0n) is 10.8. The summed E-state index contributed by atoms with van der Waals surface area (Å²) >= 11 is 5.74. The van der Waals surface area contributed by atoms with Crippen LogP contribution in [-0.2, 0) is 0 Å². The van der Waals surface area contributed by atoms with Gasteiger partial charge in [-0.1, -0.05) is 18.0 Å². The maximum atomic E-state index is 13.9. The number of nitrogens with two attached hydrogens (primary N) is 2. The Bertz CT molecular complexity index is 450. The molecule has 0 saturated carbocycles. The first-order valence-corrected chi connectivity index (χ1v) is 6.85. The highest BCUT2D eigenvalue weighted by Gasteiger charge is 2.16. The average Bonchev–Trinajstić information content (AvgIpc) is 2.41. The van der Waals surface area contributed by atoms with Crippen LogP contribution < -0.4 is 16.2 Å². The van der Waals surface area contributed by atoms with Crippen LogP contribution in [0.25, 0.3) is 0 Å². The second kappa shape index (κ2) is 6.30. The lowest BCUT2D eigenvalue weighted by molar-refractivity contribution is 0.181. The summed E-state index contributed by atoms with van der Waals surface area (Å²) in [5.74, 6) is -0.686. The predicted octanol–water partition coefficient (Wildman–Crippen LogP) is 2.51. The van der Waals surface area contributed by atoms with Gasteiger partial charge in [0.25, 0.3) is 0 Å². The number of anilines is 2. The number of hydrogen-bond acceptors (Lipinski definition) is 4. The monoisotopic (exact) mass is 287 g/mol. The molecule has 2 rings (SSSR count). The molecule has 106 valence electrons. The largest absolute Gasteiger partial charge is 0.487 e. The van der Waals surface area contributed by atoms with Crippen molar-refractivity contribution in [1.29, 1.82) is 0 Å². The van der Waals surface area contributed by atoms with Gasteiger partial charge < -0.3 is 16.2 Å². The van der Waals surface area contributed by atoms with Gasteiger partial charge >= 0.3 is 0 Å². The lowest BCUT2D eigenvalue weighted by Gasteiger charge is -2.26. The minimum Gasteiger partial charge on any atom is -0.487 e. The highest BCUT2D eigenvalue weighted by Crippen LogP contribution is 2.35.